The molecule has 0 radical (unpaired) electrons. The Balaban J connectivity index is 1.58. The molecule has 0 atom stereocenters. The summed E-state index contributed by atoms with van der Waals surface area (Å²) in [5.41, 5.74) is 9.70. The van der Waals surface area contributed by atoms with Crippen LogP contribution in [0.5, 0.6) is 11.6 Å². The van der Waals surface area contributed by atoms with Gasteiger partial charge in [0.2, 0.25) is 5.88 Å². The lowest BCUT2D eigenvalue weighted by atomic mass is 10.0. The number of nitrogen functional groups attached to an aromatic ring is 1. The molecule has 2 aromatic heterocycles. The van der Waals surface area contributed by atoms with Crippen molar-refractivity contribution in [1.82, 2.24) is 14.9 Å². The first-order chi connectivity index (χ1) is 13.6. The standard InChI is InChI=1S/C21H17N5O2/c1-26-20(10-17(24-26)13-3-4-13)27-18-8-12(11-22)2-6-15(18)14-5-7-16-19(9-14)28-25-21(16)23/h2,5-10,13H,3-4H2,1H3,(H2,23,25). The number of aryl methyl sites for hydroxylation is 1. The van der Waals surface area contributed by atoms with Crippen LogP contribution >= 0.6 is 0 Å². The molecule has 2 aromatic carbocycles. The van der Waals surface area contributed by atoms with Crippen LogP contribution in [0.4, 0.5) is 5.82 Å². The molecule has 0 bridgehead atoms. The van der Waals surface area contributed by atoms with Crippen LogP contribution in [0.3, 0.4) is 0 Å². The Bertz CT molecular complexity index is 1240. The Morgan fingerprint density at radius 2 is 2.07 bits per heavy atom. The molecule has 2 heterocycles. The first kappa shape index (κ1) is 16.4. The zero-order valence-corrected chi connectivity index (χ0v) is 15.2. The summed E-state index contributed by atoms with van der Waals surface area (Å²) < 4.78 is 13.2. The minimum Gasteiger partial charge on any atom is -0.439 e. The van der Waals surface area contributed by atoms with Gasteiger partial charge in [-0.2, -0.15) is 10.4 Å². The molecule has 28 heavy (non-hydrogen) atoms. The number of ether oxygens (including phenoxy) is 1. The lowest BCUT2D eigenvalue weighted by molar-refractivity contribution is 0.432. The van der Waals surface area contributed by atoms with E-state index in [0.29, 0.717) is 34.5 Å². The Hall–Kier alpha value is -3.79. The first-order valence-corrected chi connectivity index (χ1v) is 9.03. The highest BCUT2D eigenvalue weighted by molar-refractivity contribution is 5.91. The minimum atomic E-state index is 0.361. The first-order valence-electron chi connectivity index (χ1n) is 9.03. The molecule has 138 valence electrons. The number of benzene rings is 2. The molecule has 1 fully saturated rings. The lowest BCUT2D eigenvalue weighted by Crippen LogP contribution is -1.97. The van der Waals surface area contributed by atoms with Gasteiger partial charge in [-0.25, -0.2) is 4.68 Å². The van der Waals surface area contributed by atoms with Crippen molar-refractivity contribution in [1.29, 1.82) is 5.26 Å². The third-order valence-electron chi connectivity index (χ3n) is 4.99. The molecule has 0 saturated heterocycles. The van der Waals surface area contributed by atoms with Crippen molar-refractivity contribution < 1.29 is 9.26 Å². The van der Waals surface area contributed by atoms with Crippen LogP contribution in [-0.4, -0.2) is 14.9 Å². The van der Waals surface area contributed by atoms with Crippen molar-refractivity contribution in [3.63, 3.8) is 0 Å². The number of anilines is 1. The molecular weight excluding hydrogens is 354 g/mol. The van der Waals surface area contributed by atoms with Gasteiger partial charge in [0, 0.05) is 24.6 Å². The van der Waals surface area contributed by atoms with E-state index in [1.165, 1.54) is 12.8 Å². The Morgan fingerprint density at radius 1 is 1.21 bits per heavy atom. The molecule has 7 nitrogen and oxygen atoms in total. The SMILES string of the molecule is Cn1nc(C2CC2)cc1Oc1cc(C#N)ccc1-c1ccc2c(N)noc2c1. The van der Waals surface area contributed by atoms with E-state index in [2.05, 4.69) is 16.3 Å². The fourth-order valence-corrected chi connectivity index (χ4v) is 3.30. The van der Waals surface area contributed by atoms with Crippen molar-refractivity contribution in [2.45, 2.75) is 18.8 Å². The predicted molar refractivity (Wildman–Crippen MR) is 104 cm³/mol. The molecule has 1 saturated carbocycles. The molecule has 4 aromatic rings. The number of rotatable bonds is 4. The molecule has 1 aliphatic rings. The number of nitrogens with two attached hydrogens (primary N) is 1. The van der Waals surface area contributed by atoms with E-state index in [4.69, 9.17) is 15.0 Å². The van der Waals surface area contributed by atoms with E-state index in [-0.39, 0.29) is 0 Å². The molecule has 0 aliphatic heterocycles. The van der Waals surface area contributed by atoms with Gasteiger partial charge in [-0.05, 0) is 48.7 Å². The van der Waals surface area contributed by atoms with Gasteiger partial charge in [0.25, 0.3) is 0 Å². The predicted octanol–water partition coefficient (Wildman–Crippen LogP) is 4.35. The molecular formula is C21H17N5O2. The van der Waals surface area contributed by atoms with Crippen LogP contribution in [0, 0.1) is 11.3 Å². The van der Waals surface area contributed by atoms with Crippen molar-refractivity contribution in [3.8, 4) is 28.8 Å². The summed E-state index contributed by atoms with van der Waals surface area (Å²) in [6.45, 7) is 0. The van der Waals surface area contributed by atoms with Gasteiger partial charge < -0.3 is 15.0 Å². The van der Waals surface area contributed by atoms with E-state index in [9.17, 15) is 5.26 Å². The zero-order valence-electron chi connectivity index (χ0n) is 15.2. The number of aromatic nitrogens is 3. The fraction of sp³-hybridized carbons (Fsp3) is 0.190. The highest BCUT2D eigenvalue weighted by Crippen LogP contribution is 2.42. The van der Waals surface area contributed by atoms with Crippen LogP contribution < -0.4 is 10.5 Å². The quantitative estimate of drug-likeness (QED) is 0.572. The topological polar surface area (TPSA) is 103 Å². The number of hydrogen-bond donors (Lipinski definition) is 1. The van der Waals surface area contributed by atoms with Crippen molar-refractivity contribution in [2.24, 2.45) is 7.05 Å². The van der Waals surface area contributed by atoms with Crippen LogP contribution in [0.15, 0.2) is 47.0 Å². The summed E-state index contributed by atoms with van der Waals surface area (Å²) in [6, 6.07) is 15.2. The monoisotopic (exact) mass is 371 g/mol. The Morgan fingerprint density at radius 3 is 2.86 bits per heavy atom. The summed E-state index contributed by atoms with van der Waals surface area (Å²) in [5.74, 6) is 2.12. The number of nitrogens with zero attached hydrogens (tertiary/aromatic N) is 4. The van der Waals surface area contributed by atoms with Gasteiger partial charge in [-0.3, -0.25) is 0 Å². The maximum Gasteiger partial charge on any atom is 0.217 e. The smallest absolute Gasteiger partial charge is 0.217 e. The second-order valence-electron chi connectivity index (χ2n) is 7.01. The average Bonchev–Trinajstić information content (AvgIpc) is 3.41. The van der Waals surface area contributed by atoms with Gasteiger partial charge >= 0.3 is 0 Å². The third kappa shape index (κ3) is 2.76. The van der Waals surface area contributed by atoms with Crippen molar-refractivity contribution in [3.05, 3.63) is 53.7 Å². The van der Waals surface area contributed by atoms with Crippen molar-refractivity contribution in [2.75, 3.05) is 5.73 Å². The van der Waals surface area contributed by atoms with E-state index in [1.807, 2.05) is 37.4 Å². The summed E-state index contributed by atoms with van der Waals surface area (Å²) in [5, 5.41) is 18.4. The molecule has 2 N–H and O–H groups in total. The van der Waals surface area contributed by atoms with Crippen LogP contribution in [0.2, 0.25) is 0 Å². The molecule has 0 spiro atoms. The van der Waals surface area contributed by atoms with Gasteiger partial charge in [0.15, 0.2) is 11.4 Å². The molecule has 7 heteroatoms. The van der Waals surface area contributed by atoms with Crippen molar-refractivity contribution >= 4 is 16.8 Å². The average molecular weight is 371 g/mol. The molecule has 0 amide bonds. The third-order valence-corrected chi connectivity index (χ3v) is 4.99. The largest absolute Gasteiger partial charge is 0.439 e. The van der Waals surface area contributed by atoms with E-state index in [0.717, 1.165) is 22.2 Å². The Labute approximate surface area is 160 Å². The normalized spacial score (nSPS) is 13.6. The lowest BCUT2D eigenvalue weighted by Gasteiger charge is -2.12. The second-order valence-corrected chi connectivity index (χ2v) is 7.01. The second kappa shape index (κ2) is 6.13. The van der Waals surface area contributed by atoms with Gasteiger partial charge in [-0.15, -0.1) is 0 Å². The van der Waals surface area contributed by atoms with Gasteiger partial charge in [0.05, 0.1) is 22.7 Å². The molecule has 1 aliphatic carbocycles. The summed E-state index contributed by atoms with van der Waals surface area (Å²) in [4.78, 5) is 0. The van der Waals surface area contributed by atoms with Gasteiger partial charge in [-0.1, -0.05) is 11.2 Å². The summed E-state index contributed by atoms with van der Waals surface area (Å²) in [6.07, 6.45) is 2.35. The Kier molecular flexibility index (Phi) is 3.59. The van der Waals surface area contributed by atoms with Crippen LogP contribution in [0.1, 0.15) is 30.0 Å². The maximum atomic E-state index is 9.31. The minimum absolute atomic E-state index is 0.361. The zero-order chi connectivity index (χ0) is 19.3. The number of nitriles is 1. The summed E-state index contributed by atoms with van der Waals surface area (Å²) in [7, 11) is 1.86. The van der Waals surface area contributed by atoms with E-state index < -0.39 is 0 Å². The maximum absolute atomic E-state index is 9.31. The highest BCUT2D eigenvalue weighted by Gasteiger charge is 2.27. The molecule has 5 rings (SSSR count). The van der Waals surface area contributed by atoms with Crippen LogP contribution in [0.25, 0.3) is 22.1 Å². The summed E-state index contributed by atoms with van der Waals surface area (Å²) >= 11 is 0. The highest BCUT2D eigenvalue weighted by atomic mass is 16.5. The fourth-order valence-electron chi connectivity index (χ4n) is 3.30. The number of fused-ring (bicyclic) bond motifs is 1. The van der Waals surface area contributed by atoms with E-state index >= 15 is 0 Å². The van der Waals surface area contributed by atoms with Gasteiger partial charge in [0.1, 0.15) is 5.75 Å². The van der Waals surface area contributed by atoms with Crippen LogP contribution in [-0.2, 0) is 7.05 Å². The van der Waals surface area contributed by atoms with E-state index in [1.54, 1.807) is 16.8 Å². The molecule has 0 unspecified atom stereocenters. The number of hydrogen-bond acceptors (Lipinski definition) is 6.